The highest BCUT2D eigenvalue weighted by Gasteiger charge is 2.35. The van der Waals surface area contributed by atoms with Gasteiger partial charge in [0, 0.05) is 49.8 Å². The molecule has 2 heterocycles. The quantitative estimate of drug-likeness (QED) is 0.168. The van der Waals surface area contributed by atoms with Crippen LogP contribution in [0.25, 0.3) is 88.3 Å². The summed E-state index contributed by atoms with van der Waals surface area (Å²) in [5, 5.41) is 5.77. The van der Waals surface area contributed by atoms with Crippen molar-refractivity contribution in [2.75, 3.05) is 4.90 Å². The zero-order valence-corrected chi connectivity index (χ0v) is 33.9. The Morgan fingerprint density at radius 1 is 0.410 bits per heavy atom. The van der Waals surface area contributed by atoms with Gasteiger partial charge < -0.3 is 9.32 Å². The van der Waals surface area contributed by atoms with Crippen molar-refractivity contribution >= 4 is 60.7 Å². The Hall–Kier alpha value is -7.75. The Bertz CT molecular complexity index is 3490. The molecule has 1 aliphatic rings. The first-order valence-corrected chi connectivity index (χ1v) is 21.0. The maximum atomic E-state index is 6.54. The van der Waals surface area contributed by atoms with E-state index in [1.54, 1.807) is 0 Å². The number of para-hydroxylation sites is 1. The standard InChI is InChI=1S/C58H40N2O/c1-58(2)51-18-10-9-17-47(51)48-32-30-45(36-52(48)58)60(43-26-20-38(21-27-43)37-12-4-3-5-13-37)44-28-22-40(23-29-44)50-34-41-15-7-11-19-53(41)59-57(50)42-24-31-49-55(35-42)61-54-33-25-39-14-6-8-16-46(39)56(49)54/h3-36H,1-2H3. The summed E-state index contributed by atoms with van der Waals surface area (Å²) in [5.74, 6) is 0. The SMILES string of the molecule is CC1(C)c2ccccc2-c2ccc(N(c3ccc(-c4ccccc4)cc3)c3ccc(-c4cc5ccccc5nc4-c4ccc5c(c4)oc4ccc6ccccc6c45)cc3)cc21. The third kappa shape index (κ3) is 5.69. The summed E-state index contributed by atoms with van der Waals surface area (Å²) < 4.78 is 6.54. The lowest BCUT2D eigenvalue weighted by molar-refractivity contribution is 0.660. The molecule has 2 aromatic heterocycles. The van der Waals surface area contributed by atoms with Crippen LogP contribution < -0.4 is 4.90 Å². The van der Waals surface area contributed by atoms with Gasteiger partial charge in [0.2, 0.25) is 0 Å². The van der Waals surface area contributed by atoms with E-state index in [9.17, 15) is 0 Å². The molecule has 0 saturated heterocycles. The van der Waals surface area contributed by atoms with E-state index in [1.165, 1.54) is 44.2 Å². The zero-order valence-electron chi connectivity index (χ0n) is 33.9. The molecule has 11 aromatic rings. The fourth-order valence-electron chi connectivity index (χ4n) is 9.75. The number of pyridine rings is 1. The Balaban J connectivity index is 0.983. The minimum Gasteiger partial charge on any atom is -0.456 e. The molecule has 0 saturated carbocycles. The maximum absolute atomic E-state index is 6.54. The number of fused-ring (bicyclic) bond motifs is 9. The van der Waals surface area contributed by atoms with Crippen LogP contribution in [0.3, 0.4) is 0 Å². The van der Waals surface area contributed by atoms with Crippen LogP contribution in [-0.2, 0) is 5.41 Å². The lowest BCUT2D eigenvalue weighted by Gasteiger charge is -2.28. The number of anilines is 3. The van der Waals surface area contributed by atoms with Crippen LogP contribution in [0.1, 0.15) is 25.0 Å². The molecule has 3 heteroatoms. The third-order valence-electron chi connectivity index (χ3n) is 12.9. The second kappa shape index (κ2) is 13.7. The molecule has 0 radical (unpaired) electrons. The van der Waals surface area contributed by atoms with Gasteiger partial charge in [-0.25, -0.2) is 4.98 Å². The van der Waals surface area contributed by atoms with Crippen molar-refractivity contribution in [3.8, 4) is 44.6 Å². The van der Waals surface area contributed by atoms with E-state index in [0.29, 0.717) is 0 Å². The first-order chi connectivity index (χ1) is 30.0. The number of aromatic nitrogens is 1. The molecular formula is C58H40N2O. The number of hydrogen-bond acceptors (Lipinski definition) is 3. The molecule has 0 unspecified atom stereocenters. The third-order valence-corrected chi connectivity index (χ3v) is 12.9. The van der Waals surface area contributed by atoms with Gasteiger partial charge in [0.05, 0.1) is 11.2 Å². The summed E-state index contributed by atoms with van der Waals surface area (Å²) in [7, 11) is 0. The van der Waals surface area contributed by atoms with Crippen molar-refractivity contribution < 1.29 is 4.42 Å². The Labute approximate surface area is 354 Å². The first-order valence-electron chi connectivity index (χ1n) is 21.0. The summed E-state index contributed by atoms with van der Waals surface area (Å²) in [5.41, 5.74) is 17.7. The van der Waals surface area contributed by atoms with Gasteiger partial charge >= 0.3 is 0 Å². The van der Waals surface area contributed by atoms with Gasteiger partial charge in [0.15, 0.2) is 0 Å². The lowest BCUT2D eigenvalue weighted by Crippen LogP contribution is -2.16. The highest BCUT2D eigenvalue weighted by atomic mass is 16.3. The topological polar surface area (TPSA) is 29.3 Å². The number of benzene rings is 9. The smallest absolute Gasteiger partial charge is 0.136 e. The van der Waals surface area contributed by atoms with Crippen molar-refractivity contribution in [2.45, 2.75) is 19.3 Å². The summed E-state index contributed by atoms with van der Waals surface area (Å²) in [6, 6.07) is 74.3. The average Bonchev–Trinajstić information content (AvgIpc) is 3.81. The number of nitrogens with zero attached hydrogens (tertiary/aromatic N) is 2. The lowest BCUT2D eigenvalue weighted by atomic mass is 9.82. The summed E-state index contributed by atoms with van der Waals surface area (Å²) in [4.78, 5) is 7.72. The van der Waals surface area contributed by atoms with Gasteiger partial charge in [-0.15, -0.1) is 0 Å². The van der Waals surface area contributed by atoms with Crippen LogP contribution >= 0.6 is 0 Å². The number of rotatable bonds is 6. The van der Waals surface area contributed by atoms with Crippen LogP contribution in [0.4, 0.5) is 17.1 Å². The molecular weight excluding hydrogens is 741 g/mol. The average molecular weight is 781 g/mol. The van der Waals surface area contributed by atoms with Gasteiger partial charge in [-0.1, -0.05) is 153 Å². The Kier molecular flexibility index (Phi) is 7.88. The second-order valence-corrected chi connectivity index (χ2v) is 16.7. The Morgan fingerprint density at radius 3 is 1.87 bits per heavy atom. The summed E-state index contributed by atoms with van der Waals surface area (Å²) in [6.45, 7) is 4.69. The van der Waals surface area contributed by atoms with Crippen molar-refractivity contribution in [1.82, 2.24) is 4.98 Å². The first kappa shape index (κ1) is 35.2. The molecule has 9 aromatic carbocycles. The molecule has 1 aliphatic carbocycles. The molecule has 0 bridgehead atoms. The summed E-state index contributed by atoms with van der Waals surface area (Å²) in [6.07, 6.45) is 0. The van der Waals surface area contributed by atoms with E-state index in [-0.39, 0.29) is 5.41 Å². The monoisotopic (exact) mass is 780 g/mol. The van der Waals surface area contributed by atoms with Crippen LogP contribution in [0, 0.1) is 0 Å². The van der Waals surface area contributed by atoms with Crippen LogP contribution in [0.15, 0.2) is 211 Å². The van der Waals surface area contributed by atoms with E-state index < -0.39 is 0 Å². The highest BCUT2D eigenvalue weighted by molar-refractivity contribution is 6.19. The molecule has 0 amide bonds. The fourth-order valence-corrected chi connectivity index (χ4v) is 9.75. The normalized spacial score (nSPS) is 12.9. The molecule has 12 rings (SSSR count). The molecule has 0 aliphatic heterocycles. The van der Waals surface area contributed by atoms with Crippen molar-refractivity contribution in [3.05, 3.63) is 217 Å². The second-order valence-electron chi connectivity index (χ2n) is 16.7. The molecule has 0 fully saturated rings. The minimum atomic E-state index is -0.118. The molecule has 0 spiro atoms. The molecule has 0 atom stereocenters. The van der Waals surface area contributed by atoms with Crippen molar-refractivity contribution in [1.29, 1.82) is 0 Å². The van der Waals surface area contributed by atoms with Crippen LogP contribution in [0.2, 0.25) is 0 Å². The fraction of sp³-hybridized carbons (Fsp3) is 0.0517. The van der Waals surface area contributed by atoms with Gasteiger partial charge in [0.1, 0.15) is 11.2 Å². The van der Waals surface area contributed by atoms with E-state index in [1.807, 2.05) is 0 Å². The Morgan fingerprint density at radius 2 is 1.05 bits per heavy atom. The van der Waals surface area contributed by atoms with Crippen LogP contribution in [0.5, 0.6) is 0 Å². The minimum absolute atomic E-state index is 0.118. The zero-order chi connectivity index (χ0) is 40.7. The largest absolute Gasteiger partial charge is 0.456 e. The van der Waals surface area contributed by atoms with E-state index >= 15 is 0 Å². The van der Waals surface area contributed by atoms with Crippen molar-refractivity contribution in [2.24, 2.45) is 0 Å². The van der Waals surface area contributed by atoms with E-state index in [4.69, 9.17) is 9.40 Å². The van der Waals surface area contributed by atoms with Crippen LogP contribution in [-0.4, -0.2) is 4.98 Å². The van der Waals surface area contributed by atoms with Crippen molar-refractivity contribution in [3.63, 3.8) is 0 Å². The molecule has 3 nitrogen and oxygen atoms in total. The molecule has 0 N–H and O–H groups in total. The van der Waals surface area contributed by atoms with Gasteiger partial charge in [-0.2, -0.15) is 0 Å². The molecule has 61 heavy (non-hydrogen) atoms. The predicted octanol–water partition coefficient (Wildman–Crippen LogP) is 16.1. The number of hydrogen-bond donors (Lipinski definition) is 0. The molecule has 288 valence electrons. The van der Waals surface area contributed by atoms with Gasteiger partial charge in [-0.05, 0) is 116 Å². The maximum Gasteiger partial charge on any atom is 0.136 e. The highest BCUT2D eigenvalue weighted by Crippen LogP contribution is 2.51. The summed E-state index contributed by atoms with van der Waals surface area (Å²) >= 11 is 0. The van der Waals surface area contributed by atoms with E-state index in [0.717, 1.165) is 72.3 Å². The number of furan rings is 1. The van der Waals surface area contributed by atoms with Gasteiger partial charge in [-0.3, -0.25) is 0 Å². The van der Waals surface area contributed by atoms with E-state index in [2.05, 4.69) is 225 Å². The van der Waals surface area contributed by atoms with Gasteiger partial charge in [0.25, 0.3) is 0 Å². The predicted molar refractivity (Wildman–Crippen MR) is 255 cm³/mol.